The lowest BCUT2D eigenvalue weighted by molar-refractivity contribution is -0.385. The van der Waals surface area contributed by atoms with Crippen molar-refractivity contribution in [2.75, 3.05) is 18.0 Å². The summed E-state index contributed by atoms with van der Waals surface area (Å²) >= 11 is 0. The number of azide groups is 1. The van der Waals surface area contributed by atoms with Crippen molar-refractivity contribution in [2.45, 2.75) is 13.3 Å². The summed E-state index contributed by atoms with van der Waals surface area (Å²) < 4.78 is 0. The van der Waals surface area contributed by atoms with Crippen LogP contribution in [0.1, 0.15) is 12.1 Å². The highest BCUT2D eigenvalue weighted by Crippen LogP contribution is 2.26. The number of nitro groups is 1. The molecule has 0 saturated carbocycles. The van der Waals surface area contributed by atoms with Crippen LogP contribution in [-0.4, -0.2) is 28.9 Å². The molecule has 0 N–H and O–H groups in total. The van der Waals surface area contributed by atoms with E-state index < -0.39 is 4.92 Å². The Morgan fingerprint density at radius 3 is 3.00 bits per heavy atom. The van der Waals surface area contributed by atoms with E-state index in [0.29, 0.717) is 12.4 Å². The van der Waals surface area contributed by atoms with Crippen molar-refractivity contribution >= 4 is 17.4 Å². The first-order chi connectivity index (χ1) is 9.52. The Kier molecular flexibility index (Phi) is 3.81. The summed E-state index contributed by atoms with van der Waals surface area (Å²) in [6.07, 6.45) is 0.288. The number of amides is 1. The summed E-state index contributed by atoms with van der Waals surface area (Å²) in [7, 11) is 0. The Hall–Kier alpha value is -2.67. The van der Waals surface area contributed by atoms with Crippen molar-refractivity contribution in [1.82, 2.24) is 4.98 Å². The van der Waals surface area contributed by atoms with Crippen LogP contribution in [0.15, 0.2) is 17.2 Å². The van der Waals surface area contributed by atoms with Gasteiger partial charge in [0.25, 0.3) is 5.69 Å². The van der Waals surface area contributed by atoms with E-state index in [0.717, 1.165) is 0 Å². The molecule has 0 radical (unpaired) electrons. The van der Waals surface area contributed by atoms with E-state index in [1.54, 1.807) is 0 Å². The first kappa shape index (κ1) is 13.8. The Bertz CT molecular complexity index is 610. The Morgan fingerprint density at radius 1 is 1.65 bits per heavy atom. The van der Waals surface area contributed by atoms with Gasteiger partial charge in [-0.05, 0) is 24.4 Å². The zero-order valence-electron chi connectivity index (χ0n) is 10.8. The Labute approximate surface area is 114 Å². The molecule has 20 heavy (non-hydrogen) atoms. The van der Waals surface area contributed by atoms with Crippen LogP contribution in [-0.2, 0) is 4.79 Å². The van der Waals surface area contributed by atoms with Gasteiger partial charge in [0.15, 0.2) is 0 Å². The molecule has 1 atom stereocenters. The van der Waals surface area contributed by atoms with Crippen LogP contribution in [0.25, 0.3) is 10.4 Å². The van der Waals surface area contributed by atoms with Crippen LogP contribution < -0.4 is 4.90 Å². The van der Waals surface area contributed by atoms with E-state index in [1.807, 2.05) is 0 Å². The molecule has 1 aliphatic heterocycles. The molecule has 0 aliphatic carbocycles. The summed E-state index contributed by atoms with van der Waals surface area (Å²) in [4.78, 5) is 30.4. The lowest BCUT2D eigenvalue weighted by Gasteiger charge is -2.15. The molecular formula is C11H12N6O3. The minimum Gasteiger partial charge on any atom is -0.297 e. The average molecular weight is 276 g/mol. The second-order valence-corrected chi connectivity index (χ2v) is 4.52. The SMILES string of the molecule is Cc1nc(N2CC(CN=[N+]=[N-])CC2=O)ccc1[N+](=O)[O-]. The molecule has 1 amide bonds. The van der Waals surface area contributed by atoms with Crippen LogP contribution in [0.4, 0.5) is 11.5 Å². The Morgan fingerprint density at radius 2 is 2.40 bits per heavy atom. The number of hydrogen-bond donors (Lipinski definition) is 0. The lowest BCUT2D eigenvalue weighted by Crippen LogP contribution is -2.26. The molecule has 0 bridgehead atoms. The minimum atomic E-state index is -0.512. The van der Waals surface area contributed by atoms with Gasteiger partial charge >= 0.3 is 0 Å². The van der Waals surface area contributed by atoms with E-state index in [4.69, 9.17) is 5.53 Å². The third kappa shape index (κ3) is 2.67. The van der Waals surface area contributed by atoms with Gasteiger partial charge in [0.2, 0.25) is 5.91 Å². The largest absolute Gasteiger partial charge is 0.297 e. The van der Waals surface area contributed by atoms with Gasteiger partial charge in [-0.2, -0.15) is 0 Å². The summed E-state index contributed by atoms with van der Waals surface area (Å²) in [5.74, 6) is 0.223. The van der Waals surface area contributed by atoms with E-state index in [2.05, 4.69) is 15.0 Å². The normalized spacial score (nSPS) is 17.9. The molecule has 1 unspecified atom stereocenters. The lowest BCUT2D eigenvalue weighted by atomic mass is 10.1. The molecule has 9 nitrogen and oxygen atoms in total. The first-order valence-electron chi connectivity index (χ1n) is 5.96. The number of pyridine rings is 1. The smallest absolute Gasteiger partial charge is 0.290 e. The van der Waals surface area contributed by atoms with Gasteiger partial charge in [-0.25, -0.2) is 4.98 Å². The van der Waals surface area contributed by atoms with Crippen molar-refractivity contribution in [3.8, 4) is 0 Å². The number of carbonyl (C=O) groups is 1. The van der Waals surface area contributed by atoms with Crippen molar-refractivity contribution in [3.05, 3.63) is 38.4 Å². The predicted molar refractivity (Wildman–Crippen MR) is 70.1 cm³/mol. The predicted octanol–water partition coefficient (Wildman–Crippen LogP) is 1.96. The molecule has 1 fully saturated rings. The van der Waals surface area contributed by atoms with Crippen molar-refractivity contribution in [3.63, 3.8) is 0 Å². The summed E-state index contributed by atoms with van der Waals surface area (Å²) in [6, 6.07) is 2.80. The van der Waals surface area contributed by atoms with Gasteiger partial charge in [-0.15, -0.1) is 0 Å². The highest BCUT2D eigenvalue weighted by Gasteiger charge is 2.31. The standard InChI is InChI=1S/C11H12N6O3/c1-7-9(17(19)20)2-3-10(14-7)16-6-8(4-11(16)18)5-13-15-12/h2-3,8H,4-6H2,1H3. The topological polar surface area (TPSA) is 125 Å². The van der Waals surface area contributed by atoms with E-state index in [1.165, 1.54) is 24.0 Å². The zero-order valence-corrected chi connectivity index (χ0v) is 10.8. The summed E-state index contributed by atoms with van der Waals surface area (Å²) in [5.41, 5.74) is 8.46. The molecule has 1 saturated heterocycles. The van der Waals surface area contributed by atoms with Gasteiger partial charge in [0.1, 0.15) is 11.5 Å². The van der Waals surface area contributed by atoms with Gasteiger partial charge in [0.05, 0.1) is 4.92 Å². The molecule has 1 aromatic rings. The number of aryl methyl sites for hydroxylation is 1. The van der Waals surface area contributed by atoms with Crippen LogP contribution in [0.5, 0.6) is 0 Å². The summed E-state index contributed by atoms with van der Waals surface area (Å²) in [5, 5.41) is 14.2. The monoisotopic (exact) mass is 276 g/mol. The van der Waals surface area contributed by atoms with E-state index in [-0.39, 0.29) is 36.2 Å². The highest BCUT2D eigenvalue weighted by molar-refractivity contribution is 5.94. The number of aromatic nitrogens is 1. The van der Waals surface area contributed by atoms with Crippen molar-refractivity contribution in [1.29, 1.82) is 0 Å². The maximum absolute atomic E-state index is 11.9. The Balaban J connectivity index is 2.20. The van der Waals surface area contributed by atoms with Crippen LogP contribution in [0.2, 0.25) is 0 Å². The first-order valence-corrected chi connectivity index (χ1v) is 5.96. The molecule has 2 rings (SSSR count). The maximum Gasteiger partial charge on any atom is 0.290 e. The zero-order chi connectivity index (χ0) is 14.7. The van der Waals surface area contributed by atoms with E-state index in [9.17, 15) is 14.9 Å². The van der Waals surface area contributed by atoms with Gasteiger partial charge in [0, 0.05) is 30.5 Å². The fraction of sp³-hybridized carbons (Fsp3) is 0.455. The fourth-order valence-electron chi connectivity index (χ4n) is 2.16. The molecule has 2 heterocycles. The number of anilines is 1. The van der Waals surface area contributed by atoms with Crippen molar-refractivity contribution < 1.29 is 9.72 Å². The molecule has 1 aliphatic rings. The molecule has 104 valence electrons. The van der Waals surface area contributed by atoms with Crippen LogP contribution in [0, 0.1) is 23.0 Å². The number of carbonyl (C=O) groups excluding carboxylic acids is 1. The molecule has 1 aromatic heterocycles. The third-order valence-corrected chi connectivity index (χ3v) is 3.12. The van der Waals surface area contributed by atoms with Gasteiger partial charge in [-0.3, -0.25) is 19.8 Å². The third-order valence-electron chi connectivity index (χ3n) is 3.12. The number of nitrogens with zero attached hydrogens (tertiary/aromatic N) is 6. The van der Waals surface area contributed by atoms with Crippen LogP contribution in [0.3, 0.4) is 0 Å². The van der Waals surface area contributed by atoms with Crippen LogP contribution >= 0.6 is 0 Å². The average Bonchev–Trinajstić information content (AvgIpc) is 2.77. The fourth-order valence-corrected chi connectivity index (χ4v) is 2.16. The number of rotatable bonds is 4. The minimum absolute atomic E-state index is 0.0456. The molecule has 0 spiro atoms. The van der Waals surface area contributed by atoms with Gasteiger partial charge in [-0.1, -0.05) is 5.11 Å². The molecule has 0 aromatic carbocycles. The quantitative estimate of drug-likeness (QED) is 0.274. The maximum atomic E-state index is 11.9. The van der Waals surface area contributed by atoms with Gasteiger partial charge < -0.3 is 0 Å². The highest BCUT2D eigenvalue weighted by atomic mass is 16.6. The van der Waals surface area contributed by atoms with Crippen molar-refractivity contribution in [2.24, 2.45) is 11.0 Å². The molecular weight excluding hydrogens is 264 g/mol. The molecule has 9 heteroatoms. The summed E-state index contributed by atoms with van der Waals surface area (Å²) in [6.45, 7) is 2.19. The second-order valence-electron chi connectivity index (χ2n) is 4.52. The van der Waals surface area contributed by atoms with E-state index >= 15 is 0 Å². The number of hydrogen-bond acceptors (Lipinski definition) is 5. The second kappa shape index (κ2) is 5.54.